The summed E-state index contributed by atoms with van der Waals surface area (Å²) in [7, 11) is 1.81. The quantitative estimate of drug-likeness (QED) is 0.823. The zero-order chi connectivity index (χ0) is 15.2. The summed E-state index contributed by atoms with van der Waals surface area (Å²) in [5.41, 5.74) is 9.41. The van der Waals surface area contributed by atoms with Gasteiger partial charge in [0.15, 0.2) is 0 Å². The Labute approximate surface area is 133 Å². The summed E-state index contributed by atoms with van der Waals surface area (Å²) in [4.78, 5) is 8.90. The fraction of sp³-hybridized carbons (Fsp3) is 0.250. The van der Waals surface area contributed by atoms with E-state index >= 15 is 0 Å². The molecule has 0 spiro atoms. The summed E-state index contributed by atoms with van der Waals surface area (Å²) >= 11 is 3.58. The minimum Gasteiger partial charge on any atom is -0.403 e. The second kappa shape index (κ2) is 7.22. The minimum absolute atomic E-state index is 0.124. The largest absolute Gasteiger partial charge is 0.403 e. The summed E-state index contributed by atoms with van der Waals surface area (Å²) in [6.07, 6.45) is 8.30. The molecule has 0 bridgehead atoms. The van der Waals surface area contributed by atoms with Gasteiger partial charge in [-0.1, -0.05) is 28.1 Å². The molecular weight excluding hydrogens is 328 g/mol. The smallest absolute Gasteiger partial charge is 0.0846 e. The Kier molecular flexibility index (Phi) is 5.33. The van der Waals surface area contributed by atoms with Crippen LogP contribution in [-0.4, -0.2) is 17.7 Å². The lowest BCUT2D eigenvalue weighted by Crippen LogP contribution is -2.28. The second-order valence-electron chi connectivity index (χ2n) is 4.79. The first kappa shape index (κ1) is 15.5. The van der Waals surface area contributed by atoms with Crippen LogP contribution in [0.5, 0.6) is 0 Å². The van der Waals surface area contributed by atoms with Crippen LogP contribution in [0.1, 0.15) is 19.0 Å². The number of aliphatic imine (C=N–C) groups is 1. The van der Waals surface area contributed by atoms with Gasteiger partial charge in [-0.2, -0.15) is 0 Å². The molecule has 5 heteroatoms. The molecule has 1 heterocycles. The number of allylic oxidation sites excluding steroid dienone is 5. The molecule has 0 aliphatic heterocycles. The van der Waals surface area contributed by atoms with Crippen molar-refractivity contribution in [1.82, 2.24) is 10.3 Å². The maximum absolute atomic E-state index is 5.56. The third-order valence-corrected chi connectivity index (χ3v) is 3.90. The number of halogens is 1. The summed E-state index contributed by atoms with van der Waals surface area (Å²) in [6, 6.07) is 5.87. The second-order valence-corrected chi connectivity index (χ2v) is 5.81. The van der Waals surface area contributed by atoms with Crippen LogP contribution in [0.15, 0.2) is 63.6 Å². The van der Waals surface area contributed by atoms with Crippen molar-refractivity contribution in [1.29, 1.82) is 0 Å². The number of pyridine rings is 1. The number of hydrogen-bond acceptors (Lipinski definition) is 4. The molecular formula is C16H19BrN4. The third kappa shape index (κ3) is 3.82. The molecule has 1 aromatic rings. The van der Waals surface area contributed by atoms with Crippen molar-refractivity contribution in [2.24, 2.45) is 16.6 Å². The Morgan fingerprint density at radius 3 is 2.90 bits per heavy atom. The molecule has 0 saturated heterocycles. The SMILES string of the molecule is CN=C(c1ccccn1)C1CC(Br)=CC=C1N/C(C)=C\N. The molecule has 1 unspecified atom stereocenters. The van der Waals surface area contributed by atoms with E-state index in [9.17, 15) is 0 Å². The predicted molar refractivity (Wildman–Crippen MR) is 91.0 cm³/mol. The van der Waals surface area contributed by atoms with Crippen molar-refractivity contribution in [3.05, 3.63) is 64.3 Å². The summed E-state index contributed by atoms with van der Waals surface area (Å²) in [6.45, 7) is 1.94. The average Bonchev–Trinajstić information content (AvgIpc) is 2.51. The van der Waals surface area contributed by atoms with Crippen LogP contribution in [-0.2, 0) is 0 Å². The van der Waals surface area contributed by atoms with Crippen LogP contribution < -0.4 is 11.1 Å². The molecule has 4 nitrogen and oxygen atoms in total. The van der Waals surface area contributed by atoms with E-state index in [-0.39, 0.29) is 5.92 Å². The van der Waals surface area contributed by atoms with Gasteiger partial charge in [-0.15, -0.1) is 0 Å². The zero-order valence-electron chi connectivity index (χ0n) is 12.2. The van der Waals surface area contributed by atoms with Gasteiger partial charge in [-0.3, -0.25) is 9.98 Å². The lowest BCUT2D eigenvalue weighted by molar-refractivity contribution is 0.724. The molecule has 1 aromatic heterocycles. The van der Waals surface area contributed by atoms with E-state index in [1.54, 1.807) is 19.4 Å². The standard InChI is InChI=1S/C16H19BrN4/c1-11(10-18)21-14-7-6-12(17)9-13(14)16(19-2)15-5-3-4-8-20-15/h3-8,10,13,21H,9,18H2,1-2H3/b11-10-,19-16?. The highest BCUT2D eigenvalue weighted by atomic mass is 79.9. The van der Waals surface area contributed by atoms with Crippen LogP contribution in [0.3, 0.4) is 0 Å². The fourth-order valence-corrected chi connectivity index (χ4v) is 2.73. The van der Waals surface area contributed by atoms with E-state index in [1.807, 2.05) is 31.2 Å². The molecule has 1 atom stereocenters. The molecule has 3 N–H and O–H groups in total. The molecule has 21 heavy (non-hydrogen) atoms. The Morgan fingerprint density at radius 2 is 2.29 bits per heavy atom. The fourth-order valence-electron chi connectivity index (χ4n) is 2.27. The topological polar surface area (TPSA) is 63.3 Å². The van der Waals surface area contributed by atoms with E-state index in [1.165, 1.54) is 0 Å². The summed E-state index contributed by atoms with van der Waals surface area (Å²) in [5, 5.41) is 3.35. The minimum atomic E-state index is 0.124. The highest BCUT2D eigenvalue weighted by Gasteiger charge is 2.25. The predicted octanol–water partition coefficient (Wildman–Crippen LogP) is 3.09. The van der Waals surface area contributed by atoms with Gasteiger partial charge >= 0.3 is 0 Å². The molecule has 0 amide bonds. The van der Waals surface area contributed by atoms with Crippen molar-refractivity contribution in [2.75, 3.05) is 7.05 Å². The zero-order valence-corrected chi connectivity index (χ0v) is 13.8. The lowest BCUT2D eigenvalue weighted by Gasteiger charge is -2.26. The Bertz CT molecular complexity index is 614. The Morgan fingerprint density at radius 1 is 1.48 bits per heavy atom. The maximum Gasteiger partial charge on any atom is 0.0846 e. The highest BCUT2D eigenvalue weighted by molar-refractivity contribution is 9.11. The number of hydrogen-bond donors (Lipinski definition) is 2. The maximum atomic E-state index is 5.56. The first-order valence-electron chi connectivity index (χ1n) is 6.75. The van der Waals surface area contributed by atoms with Crippen molar-refractivity contribution in [3.8, 4) is 0 Å². The van der Waals surface area contributed by atoms with Crippen LogP contribution in [0.4, 0.5) is 0 Å². The van der Waals surface area contributed by atoms with Gasteiger partial charge in [0.2, 0.25) is 0 Å². The number of nitrogens with zero attached hydrogens (tertiary/aromatic N) is 2. The van der Waals surface area contributed by atoms with E-state index < -0.39 is 0 Å². The molecule has 1 aliphatic rings. The van der Waals surface area contributed by atoms with Gasteiger partial charge in [-0.05, 0) is 36.0 Å². The van der Waals surface area contributed by atoms with Gasteiger partial charge in [-0.25, -0.2) is 0 Å². The number of nitrogens with one attached hydrogen (secondary N) is 1. The molecule has 0 saturated carbocycles. The van der Waals surface area contributed by atoms with Gasteiger partial charge < -0.3 is 11.1 Å². The van der Waals surface area contributed by atoms with Gasteiger partial charge in [0.1, 0.15) is 0 Å². The van der Waals surface area contributed by atoms with E-state index in [4.69, 9.17) is 5.73 Å². The normalized spacial score (nSPS) is 19.9. The molecule has 110 valence electrons. The number of nitrogens with two attached hydrogens (primary N) is 1. The van der Waals surface area contributed by atoms with Crippen molar-refractivity contribution >= 4 is 21.6 Å². The van der Waals surface area contributed by atoms with Crippen molar-refractivity contribution < 1.29 is 0 Å². The summed E-state index contributed by atoms with van der Waals surface area (Å²) in [5.74, 6) is 0.124. The first-order chi connectivity index (χ1) is 10.2. The van der Waals surface area contributed by atoms with Crippen LogP contribution >= 0.6 is 15.9 Å². The number of rotatable bonds is 4. The molecule has 0 fully saturated rings. The Hall–Kier alpha value is -1.88. The van der Waals surface area contributed by atoms with Crippen LogP contribution in [0.25, 0.3) is 0 Å². The first-order valence-corrected chi connectivity index (χ1v) is 7.55. The third-order valence-electron chi connectivity index (χ3n) is 3.31. The van der Waals surface area contributed by atoms with E-state index in [2.05, 4.69) is 37.3 Å². The average molecular weight is 347 g/mol. The Balaban J connectivity index is 2.35. The number of aromatic nitrogens is 1. The van der Waals surface area contributed by atoms with Gasteiger partial charge in [0.05, 0.1) is 11.4 Å². The van der Waals surface area contributed by atoms with Crippen LogP contribution in [0.2, 0.25) is 0 Å². The molecule has 0 radical (unpaired) electrons. The van der Waals surface area contributed by atoms with Crippen LogP contribution in [0, 0.1) is 5.92 Å². The molecule has 1 aliphatic carbocycles. The molecule has 0 aromatic carbocycles. The lowest BCUT2D eigenvalue weighted by atomic mass is 9.89. The highest BCUT2D eigenvalue weighted by Crippen LogP contribution is 2.30. The van der Waals surface area contributed by atoms with Gasteiger partial charge in [0.25, 0.3) is 0 Å². The van der Waals surface area contributed by atoms with E-state index in [0.29, 0.717) is 0 Å². The summed E-state index contributed by atoms with van der Waals surface area (Å²) < 4.78 is 1.14. The van der Waals surface area contributed by atoms with Gasteiger partial charge in [0, 0.05) is 36.8 Å². The van der Waals surface area contributed by atoms with E-state index in [0.717, 1.165) is 33.7 Å². The van der Waals surface area contributed by atoms with Crippen molar-refractivity contribution in [3.63, 3.8) is 0 Å². The van der Waals surface area contributed by atoms with Crippen molar-refractivity contribution in [2.45, 2.75) is 13.3 Å². The monoisotopic (exact) mass is 346 g/mol. The molecule has 2 rings (SSSR count).